The molecule has 1 amide bonds. The Bertz CT molecular complexity index is 857. The largest absolute Gasteiger partial charge is 0.356 e. The summed E-state index contributed by atoms with van der Waals surface area (Å²) in [5, 5.41) is 2.90. The van der Waals surface area contributed by atoms with Gasteiger partial charge >= 0.3 is 0 Å². The number of hydrogen-bond donors (Lipinski definition) is 1. The maximum atomic E-state index is 13.7. The van der Waals surface area contributed by atoms with Crippen LogP contribution in [0.4, 0.5) is 20.3 Å². The molecule has 0 unspecified atom stereocenters. The van der Waals surface area contributed by atoms with Crippen molar-refractivity contribution >= 4 is 33.3 Å². The number of alkyl halides is 2. The molecule has 27 heavy (non-hydrogen) atoms. The van der Waals surface area contributed by atoms with Crippen LogP contribution in [-0.4, -0.2) is 29.9 Å². The minimum Gasteiger partial charge on any atom is -0.356 e. The lowest BCUT2D eigenvalue weighted by Gasteiger charge is -2.25. The van der Waals surface area contributed by atoms with Gasteiger partial charge in [0.1, 0.15) is 5.82 Å². The van der Waals surface area contributed by atoms with Gasteiger partial charge in [0.2, 0.25) is 5.92 Å². The number of anilines is 2. The summed E-state index contributed by atoms with van der Waals surface area (Å²) in [6.45, 7) is 4.40. The lowest BCUT2D eigenvalue weighted by molar-refractivity contribution is -0.0102. The predicted octanol–water partition coefficient (Wildman–Crippen LogP) is 5.34. The summed E-state index contributed by atoms with van der Waals surface area (Å²) in [5.74, 6) is -2.50. The molecule has 1 aromatic heterocycles. The van der Waals surface area contributed by atoms with Crippen molar-refractivity contribution in [3.63, 3.8) is 0 Å². The number of hydrogen-bond acceptors (Lipinski definition) is 3. The van der Waals surface area contributed by atoms with Crippen LogP contribution in [0.2, 0.25) is 0 Å². The van der Waals surface area contributed by atoms with Crippen molar-refractivity contribution in [3.8, 4) is 0 Å². The molecule has 2 heterocycles. The smallest absolute Gasteiger partial charge is 0.259 e. The van der Waals surface area contributed by atoms with Crippen LogP contribution in [0.3, 0.4) is 0 Å². The van der Waals surface area contributed by atoms with E-state index in [9.17, 15) is 13.6 Å². The van der Waals surface area contributed by atoms with E-state index in [1.54, 1.807) is 11.1 Å². The quantitative estimate of drug-likeness (QED) is 0.704. The van der Waals surface area contributed by atoms with Gasteiger partial charge < -0.3 is 10.2 Å². The second-order valence-corrected chi connectivity index (χ2v) is 7.80. The Morgan fingerprint density at radius 1 is 1.26 bits per heavy atom. The summed E-state index contributed by atoms with van der Waals surface area (Å²) in [6.07, 6.45) is 1.62. The summed E-state index contributed by atoms with van der Waals surface area (Å²) in [6, 6.07) is 7.52. The highest BCUT2D eigenvalue weighted by Gasteiger charge is 2.33. The molecule has 0 atom stereocenters. The average molecular weight is 438 g/mol. The summed E-state index contributed by atoms with van der Waals surface area (Å²) in [5.41, 5.74) is 2.87. The van der Waals surface area contributed by atoms with Crippen LogP contribution in [0.25, 0.3) is 0 Å². The highest BCUT2D eigenvalue weighted by molar-refractivity contribution is 9.10. The number of aromatic nitrogens is 1. The number of benzene rings is 1. The number of amides is 1. The fourth-order valence-corrected chi connectivity index (χ4v) is 3.57. The lowest BCUT2D eigenvalue weighted by Crippen LogP contribution is -2.30. The molecule has 1 saturated heterocycles. The van der Waals surface area contributed by atoms with E-state index >= 15 is 0 Å². The lowest BCUT2D eigenvalue weighted by atomic mass is 10.1. The Kier molecular flexibility index (Phi) is 5.79. The van der Waals surface area contributed by atoms with Crippen molar-refractivity contribution in [1.29, 1.82) is 0 Å². The minimum atomic E-state index is -2.66. The molecule has 1 aliphatic heterocycles. The van der Waals surface area contributed by atoms with Crippen molar-refractivity contribution in [3.05, 3.63) is 51.6 Å². The molecule has 7 heteroatoms. The maximum absolute atomic E-state index is 13.7. The van der Waals surface area contributed by atoms with Crippen LogP contribution in [-0.2, 0) is 0 Å². The molecule has 2 aromatic rings. The first kappa shape index (κ1) is 19.7. The molecule has 0 saturated carbocycles. The van der Waals surface area contributed by atoms with E-state index in [1.807, 2.05) is 38.1 Å². The molecule has 1 N–H and O–H groups in total. The SMILES string of the molecule is Cc1cccc(NC(=O)c2c(N3CCCC(F)(F)CC3)ncc(Br)c2C)c1. The van der Waals surface area contributed by atoms with Gasteiger partial charge in [0.15, 0.2) is 0 Å². The molecule has 4 nitrogen and oxygen atoms in total. The van der Waals surface area contributed by atoms with Crippen LogP contribution < -0.4 is 10.2 Å². The molecule has 0 spiro atoms. The fourth-order valence-electron chi connectivity index (χ4n) is 3.27. The molecule has 0 bridgehead atoms. The third kappa shape index (κ3) is 4.64. The summed E-state index contributed by atoms with van der Waals surface area (Å²) in [4.78, 5) is 19.2. The summed E-state index contributed by atoms with van der Waals surface area (Å²) >= 11 is 3.42. The summed E-state index contributed by atoms with van der Waals surface area (Å²) < 4.78 is 28.2. The van der Waals surface area contributed by atoms with Gasteiger partial charge in [-0.05, 0) is 59.5 Å². The molecule has 3 rings (SSSR count). The number of carbonyl (C=O) groups is 1. The van der Waals surface area contributed by atoms with E-state index in [1.165, 1.54) is 0 Å². The first-order valence-electron chi connectivity index (χ1n) is 8.93. The molecule has 0 radical (unpaired) electrons. The second kappa shape index (κ2) is 7.92. The van der Waals surface area contributed by atoms with E-state index in [-0.39, 0.29) is 25.3 Å². The number of carbonyl (C=O) groups excluding carboxylic acids is 1. The van der Waals surface area contributed by atoms with Crippen molar-refractivity contribution in [1.82, 2.24) is 4.98 Å². The molecule has 144 valence electrons. The van der Waals surface area contributed by atoms with Gasteiger partial charge in [-0.2, -0.15) is 0 Å². The zero-order chi connectivity index (χ0) is 19.6. The van der Waals surface area contributed by atoms with E-state index < -0.39 is 5.92 Å². The number of rotatable bonds is 3. The fraction of sp³-hybridized carbons (Fsp3) is 0.400. The van der Waals surface area contributed by atoms with Gasteiger partial charge in [0.25, 0.3) is 5.91 Å². The van der Waals surface area contributed by atoms with Gasteiger partial charge in [-0.1, -0.05) is 12.1 Å². The topological polar surface area (TPSA) is 45.2 Å². The van der Waals surface area contributed by atoms with Gasteiger partial charge in [0, 0.05) is 42.3 Å². The Balaban J connectivity index is 1.94. The van der Waals surface area contributed by atoms with Crippen LogP contribution >= 0.6 is 15.9 Å². The van der Waals surface area contributed by atoms with E-state index in [4.69, 9.17) is 0 Å². The number of pyridine rings is 1. The van der Waals surface area contributed by atoms with E-state index in [0.29, 0.717) is 34.5 Å². The summed E-state index contributed by atoms with van der Waals surface area (Å²) in [7, 11) is 0. The molecular weight excluding hydrogens is 416 g/mol. The molecule has 1 fully saturated rings. The van der Waals surface area contributed by atoms with Gasteiger partial charge in [0.05, 0.1) is 5.56 Å². The second-order valence-electron chi connectivity index (χ2n) is 6.95. The molecule has 1 aliphatic rings. The van der Waals surface area contributed by atoms with E-state index in [0.717, 1.165) is 11.1 Å². The first-order valence-corrected chi connectivity index (χ1v) is 9.72. The van der Waals surface area contributed by atoms with Gasteiger partial charge in [-0.3, -0.25) is 4.79 Å². The Labute approximate surface area is 166 Å². The number of halogens is 3. The molecular formula is C20H22BrF2N3O. The monoisotopic (exact) mass is 437 g/mol. The highest BCUT2D eigenvalue weighted by Crippen LogP contribution is 2.33. The number of nitrogens with zero attached hydrogens (tertiary/aromatic N) is 2. The third-order valence-corrected chi connectivity index (χ3v) is 5.58. The number of nitrogens with one attached hydrogen (secondary N) is 1. The molecule has 0 aliphatic carbocycles. The van der Waals surface area contributed by atoms with E-state index in [2.05, 4.69) is 26.2 Å². The Morgan fingerprint density at radius 2 is 2.04 bits per heavy atom. The normalized spacial score (nSPS) is 16.7. The minimum absolute atomic E-state index is 0.135. The van der Waals surface area contributed by atoms with Crippen molar-refractivity contribution in [2.45, 2.75) is 39.0 Å². The maximum Gasteiger partial charge on any atom is 0.259 e. The number of aryl methyl sites for hydroxylation is 1. The van der Waals surface area contributed by atoms with Crippen molar-refractivity contribution in [2.75, 3.05) is 23.3 Å². The zero-order valence-corrected chi connectivity index (χ0v) is 16.9. The first-order chi connectivity index (χ1) is 12.8. The third-order valence-electron chi connectivity index (χ3n) is 4.78. The highest BCUT2D eigenvalue weighted by atomic mass is 79.9. The Morgan fingerprint density at radius 3 is 2.78 bits per heavy atom. The standard InChI is InChI=1S/C20H22BrF2N3O/c1-13-5-3-6-15(11-13)25-19(27)17-14(2)16(21)12-24-18(17)26-9-4-7-20(22,23)8-10-26/h3,5-6,11-12H,4,7-10H2,1-2H3,(H,25,27). The van der Waals surface area contributed by atoms with Crippen LogP contribution in [0.5, 0.6) is 0 Å². The Hall–Kier alpha value is -2.02. The van der Waals surface area contributed by atoms with Crippen LogP contribution in [0.15, 0.2) is 34.9 Å². The zero-order valence-electron chi connectivity index (χ0n) is 15.4. The molecule has 1 aromatic carbocycles. The van der Waals surface area contributed by atoms with Crippen LogP contribution in [0, 0.1) is 13.8 Å². The average Bonchev–Trinajstić information content (AvgIpc) is 2.77. The van der Waals surface area contributed by atoms with Crippen molar-refractivity contribution < 1.29 is 13.6 Å². The van der Waals surface area contributed by atoms with Crippen molar-refractivity contribution in [2.24, 2.45) is 0 Å². The predicted molar refractivity (Wildman–Crippen MR) is 107 cm³/mol. The van der Waals surface area contributed by atoms with Crippen LogP contribution in [0.1, 0.15) is 40.7 Å². The van der Waals surface area contributed by atoms with Gasteiger partial charge in [-0.25, -0.2) is 13.8 Å². The van der Waals surface area contributed by atoms with Gasteiger partial charge in [-0.15, -0.1) is 0 Å².